The summed E-state index contributed by atoms with van der Waals surface area (Å²) in [7, 11) is 2.16. The maximum Gasteiger partial charge on any atom is 0.0350 e. The van der Waals surface area contributed by atoms with Gasteiger partial charge in [0.1, 0.15) is 0 Å². The fraction of sp³-hybridized carbons (Fsp3) is 0.429. The minimum absolute atomic E-state index is 1.02. The summed E-state index contributed by atoms with van der Waals surface area (Å²) in [6, 6.07) is 0. The van der Waals surface area contributed by atoms with Crippen molar-refractivity contribution in [2.75, 3.05) is 13.6 Å². The van der Waals surface area contributed by atoms with Crippen LogP contribution in [0.15, 0.2) is 71.5 Å². The molecule has 0 heterocycles. The fourth-order valence-corrected chi connectivity index (χ4v) is 2.13. The number of nitrogens with zero attached hydrogens (tertiary/aromatic N) is 1. The van der Waals surface area contributed by atoms with Crippen LogP contribution in [-0.2, 0) is 0 Å². The molecule has 0 amide bonds. The highest BCUT2D eigenvalue weighted by Crippen LogP contribution is 2.17. The third kappa shape index (κ3) is 7.31. The predicted octanol–water partition coefficient (Wildman–Crippen LogP) is 6.20. The van der Waals surface area contributed by atoms with Crippen LogP contribution in [0.3, 0.4) is 0 Å². The van der Waals surface area contributed by atoms with Crippen LogP contribution in [0.4, 0.5) is 0 Å². The van der Waals surface area contributed by atoms with Crippen molar-refractivity contribution in [3.05, 3.63) is 71.5 Å². The minimum atomic E-state index is 1.02. The van der Waals surface area contributed by atoms with Crippen molar-refractivity contribution in [1.29, 1.82) is 0 Å². The van der Waals surface area contributed by atoms with E-state index < -0.39 is 0 Å². The Morgan fingerprint density at radius 2 is 1.77 bits per heavy atom. The van der Waals surface area contributed by atoms with Gasteiger partial charge in [0.15, 0.2) is 0 Å². The van der Waals surface area contributed by atoms with Gasteiger partial charge in [-0.25, -0.2) is 0 Å². The number of hydrogen-bond donors (Lipinski definition) is 0. The van der Waals surface area contributed by atoms with Crippen molar-refractivity contribution in [2.45, 2.75) is 47.5 Å². The summed E-state index contributed by atoms with van der Waals surface area (Å²) in [5.41, 5.74) is 5.89. The zero-order chi connectivity index (χ0) is 17.1. The van der Waals surface area contributed by atoms with E-state index >= 15 is 0 Å². The lowest BCUT2D eigenvalue weighted by Gasteiger charge is -2.22. The molecule has 0 aromatic rings. The van der Waals surface area contributed by atoms with E-state index in [0.717, 1.165) is 23.3 Å². The largest absolute Gasteiger partial charge is 0.375 e. The third-order valence-electron chi connectivity index (χ3n) is 3.60. The quantitative estimate of drug-likeness (QED) is 0.458. The average molecular weight is 300 g/mol. The molecule has 122 valence electrons. The highest BCUT2D eigenvalue weighted by Gasteiger charge is 2.03. The number of unbranched alkanes of at least 4 members (excludes halogenated alkanes) is 1. The van der Waals surface area contributed by atoms with Crippen LogP contribution in [0.25, 0.3) is 0 Å². The van der Waals surface area contributed by atoms with E-state index in [0.29, 0.717) is 0 Å². The highest BCUT2D eigenvalue weighted by atomic mass is 15.1. The van der Waals surface area contributed by atoms with Crippen LogP contribution < -0.4 is 0 Å². The standard InChI is InChI=1S/C21H33N/c1-9-12-15-22(8)21(17(4)5)14-13-19(7)20(11-3)16-18(6)10-2/h10-11,13-14,16H,2,7,9,12,15H2,1,3-6,8H3/b14-13-,18-16-,20-11+. The topological polar surface area (TPSA) is 3.24 Å². The molecule has 0 rings (SSSR count). The number of allylic oxidation sites excluding steroid dienone is 9. The van der Waals surface area contributed by atoms with E-state index in [4.69, 9.17) is 0 Å². The molecule has 0 saturated carbocycles. The Labute approximate surface area is 138 Å². The first-order valence-corrected chi connectivity index (χ1v) is 8.10. The van der Waals surface area contributed by atoms with Gasteiger partial charge in [-0.2, -0.15) is 0 Å². The monoisotopic (exact) mass is 299 g/mol. The first-order chi connectivity index (χ1) is 10.4. The van der Waals surface area contributed by atoms with E-state index in [2.05, 4.69) is 70.2 Å². The summed E-state index contributed by atoms with van der Waals surface area (Å²) in [5.74, 6) is 0. The third-order valence-corrected chi connectivity index (χ3v) is 3.60. The lowest BCUT2D eigenvalue weighted by atomic mass is 10.0. The Morgan fingerprint density at radius 1 is 1.14 bits per heavy atom. The second-order valence-electron chi connectivity index (χ2n) is 5.86. The van der Waals surface area contributed by atoms with Crippen LogP contribution in [0.2, 0.25) is 0 Å². The van der Waals surface area contributed by atoms with Gasteiger partial charge in [0.05, 0.1) is 0 Å². The molecular weight excluding hydrogens is 266 g/mol. The molecule has 0 aromatic heterocycles. The minimum Gasteiger partial charge on any atom is -0.375 e. The average Bonchev–Trinajstić information content (AvgIpc) is 2.49. The Morgan fingerprint density at radius 3 is 2.23 bits per heavy atom. The molecule has 0 aliphatic rings. The molecule has 0 aliphatic heterocycles. The Balaban J connectivity index is 5.16. The summed E-state index contributed by atoms with van der Waals surface area (Å²) < 4.78 is 0. The summed E-state index contributed by atoms with van der Waals surface area (Å²) in [6.07, 6.45) is 12.8. The zero-order valence-corrected chi connectivity index (χ0v) is 15.4. The zero-order valence-electron chi connectivity index (χ0n) is 15.4. The molecule has 1 nitrogen and oxygen atoms in total. The molecular formula is C21H33N. The van der Waals surface area contributed by atoms with Crippen molar-refractivity contribution in [3.8, 4) is 0 Å². The lowest BCUT2D eigenvalue weighted by molar-refractivity contribution is 0.414. The summed E-state index contributed by atoms with van der Waals surface area (Å²) >= 11 is 0. The number of likely N-dealkylation sites (N-methyl/N-ethyl adjacent to an activating group) is 1. The molecule has 1 heteroatoms. The molecule has 22 heavy (non-hydrogen) atoms. The molecule has 0 N–H and O–H groups in total. The van der Waals surface area contributed by atoms with Crippen molar-refractivity contribution in [3.63, 3.8) is 0 Å². The van der Waals surface area contributed by atoms with Crippen LogP contribution in [-0.4, -0.2) is 18.5 Å². The van der Waals surface area contributed by atoms with E-state index in [-0.39, 0.29) is 0 Å². The van der Waals surface area contributed by atoms with Crippen molar-refractivity contribution in [2.24, 2.45) is 0 Å². The summed E-state index contributed by atoms with van der Waals surface area (Å²) in [6.45, 7) is 19.7. The van der Waals surface area contributed by atoms with Crippen LogP contribution in [0.5, 0.6) is 0 Å². The number of hydrogen-bond acceptors (Lipinski definition) is 1. The molecule has 0 fully saturated rings. The van der Waals surface area contributed by atoms with Crippen LogP contribution >= 0.6 is 0 Å². The first-order valence-electron chi connectivity index (χ1n) is 8.10. The fourth-order valence-electron chi connectivity index (χ4n) is 2.13. The maximum atomic E-state index is 4.19. The summed E-state index contributed by atoms with van der Waals surface area (Å²) in [5, 5.41) is 0. The molecule has 0 unspecified atom stereocenters. The van der Waals surface area contributed by atoms with Crippen molar-refractivity contribution in [1.82, 2.24) is 4.90 Å². The van der Waals surface area contributed by atoms with Gasteiger partial charge in [-0.1, -0.05) is 62.0 Å². The molecule has 0 atom stereocenters. The second kappa shape index (κ2) is 10.9. The van der Waals surface area contributed by atoms with Crippen molar-refractivity contribution >= 4 is 0 Å². The smallest absolute Gasteiger partial charge is 0.0350 e. The second-order valence-corrected chi connectivity index (χ2v) is 5.86. The SMILES string of the molecule is C=C/C(C)=C\C(=C/C)C(=C)/C=C\C(=C(C)C)N(C)CCCC. The molecule has 0 bridgehead atoms. The van der Waals surface area contributed by atoms with Gasteiger partial charge >= 0.3 is 0 Å². The van der Waals surface area contributed by atoms with E-state index in [1.165, 1.54) is 24.1 Å². The van der Waals surface area contributed by atoms with Crippen molar-refractivity contribution < 1.29 is 0 Å². The van der Waals surface area contributed by atoms with Gasteiger partial charge in [0, 0.05) is 19.3 Å². The normalized spacial score (nSPS) is 12.5. The highest BCUT2D eigenvalue weighted by molar-refractivity contribution is 5.48. The summed E-state index contributed by atoms with van der Waals surface area (Å²) in [4.78, 5) is 2.32. The molecule has 0 radical (unpaired) electrons. The molecule has 0 spiro atoms. The van der Waals surface area contributed by atoms with Gasteiger partial charge < -0.3 is 4.90 Å². The van der Waals surface area contributed by atoms with Gasteiger partial charge in [0.25, 0.3) is 0 Å². The Hall–Kier alpha value is -1.76. The van der Waals surface area contributed by atoms with E-state index in [1.807, 2.05) is 19.9 Å². The lowest BCUT2D eigenvalue weighted by Crippen LogP contribution is -2.18. The van der Waals surface area contributed by atoms with Crippen LogP contribution in [0.1, 0.15) is 47.5 Å². The Bertz CT molecular complexity index is 494. The number of rotatable bonds is 9. The maximum absolute atomic E-state index is 4.19. The van der Waals surface area contributed by atoms with E-state index in [9.17, 15) is 0 Å². The molecule has 0 saturated heterocycles. The molecule has 0 aliphatic carbocycles. The van der Waals surface area contributed by atoms with Gasteiger partial charge in [-0.15, -0.1) is 0 Å². The van der Waals surface area contributed by atoms with Gasteiger partial charge in [0.2, 0.25) is 0 Å². The van der Waals surface area contributed by atoms with Gasteiger partial charge in [-0.05, 0) is 51.3 Å². The predicted molar refractivity (Wildman–Crippen MR) is 102 cm³/mol. The Kier molecular flexibility index (Phi) is 10.0. The van der Waals surface area contributed by atoms with Crippen LogP contribution in [0, 0.1) is 0 Å². The molecule has 0 aromatic carbocycles. The van der Waals surface area contributed by atoms with Gasteiger partial charge in [-0.3, -0.25) is 0 Å². The first kappa shape index (κ1) is 20.2. The van der Waals surface area contributed by atoms with E-state index in [1.54, 1.807) is 0 Å².